The van der Waals surface area contributed by atoms with Crippen molar-refractivity contribution in [1.29, 1.82) is 0 Å². The highest BCUT2D eigenvalue weighted by Crippen LogP contribution is 2.21. The molecule has 0 aliphatic carbocycles. The zero-order chi connectivity index (χ0) is 15.7. The molecule has 116 valence electrons. The highest BCUT2D eigenvalue weighted by molar-refractivity contribution is 5.77. The SMILES string of the molecule is CCC(=O)N1CCC(n2nnc3cc(F)ccc3c2=O)CC1. The molecule has 0 radical (unpaired) electrons. The smallest absolute Gasteiger partial charge is 0.277 e. The largest absolute Gasteiger partial charge is 0.343 e. The minimum absolute atomic E-state index is 0.0737. The van der Waals surface area contributed by atoms with E-state index in [1.54, 1.807) is 0 Å². The van der Waals surface area contributed by atoms with Gasteiger partial charge in [-0.05, 0) is 25.0 Å². The first-order valence-electron chi connectivity index (χ1n) is 7.42. The minimum atomic E-state index is -0.440. The molecule has 7 heteroatoms. The summed E-state index contributed by atoms with van der Waals surface area (Å²) in [5.74, 6) is -0.309. The van der Waals surface area contributed by atoms with Crippen LogP contribution in [-0.4, -0.2) is 38.9 Å². The molecule has 1 aliphatic heterocycles. The Hall–Kier alpha value is -2.31. The zero-order valence-corrected chi connectivity index (χ0v) is 12.3. The van der Waals surface area contributed by atoms with Crippen LogP contribution in [0.25, 0.3) is 10.9 Å². The van der Waals surface area contributed by atoms with Crippen LogP contribution >= 0.6 is 0 Å². The molecule has 0 saturated carbocycles. The molecule has 0 atom stereocenters. The van der Waals surface area contributed by atoms with Gasteiger partial charge in [-0.2, -0.15) is 0 Å². The predicted molar refractivity (Wildman–Crippen MR) is 78.9 cm³/mol. The van der Waals surface area contributed by atoms with Crippen molar-refractivity contribution in [2.75, 3.05) is 13.1 Å². The summed E-state index contributed by atoms with van der Waals surface area (Å²) in [7, 11) is 0. The molecule has 22 heavy (non-hydrogen) atoms. The molecule has 3 rings (SSSR count). The third kappa shape index (κ3) is 2.58. The molecule has 1 saturated heterocycles. The lowest BCUT2D eigenvalue weighted by atomic mass is 10.0. The second-order valence-corrected chi connectivity index (χ2v) is 5.47. The number of fused-ring (bicyclic) bond motifs is 1. The van der Waals surface area contributed by atoms with Gasteiger partial charge in [0.05, 0.1) is 11.4 Å². The average molecular weight is 304 g/mol. The molecule has 1 aromatic carbocycles. The molecule has 1 amide bonds. The molecule has 6 nitrogen and oxygen atoms in total. The quantitative estimate of drug-likeness (QED) is 0.843. The van der Waals surface area contributed by atoms with Crippen LogP contribution in [0, 0.1) is 5.82 Å². The summed E-state index contributed by atoms with van der Waals surface area (Å²) in [6.07, 6.45) is 1.84. The first-order valence-corrected chi connectivity index (χ1v) is 7.42. The highest BCUT2D eigenvalue weighted by atomic mass is 19.1. The van der Waals surface area contributed by atoms with Gasteiger partial charge in [-0.15, -0.1) is 5.10 Å². The van der Waals surface area contributed by atoms with Crippen LogP contribution in [0.1, 0.15) is 32.2 Å². The Balaban J connectivity index is 1.86. The van der Waals surface area contributed by atoms with Crippen molar-refractivity contribution in [1.82, 2.24) is 19.9 Å². The lowest BCUT2D eigenvalue weighted by Crippen LogP contribution is -2.41. The van der Waals surface area contributed by atoms with Gasteiger partial charge in [-0.1, -0.05) is 12.1 Å². The Morgan fingerprint density at radius 3 is 2.77 bits per heavy atom. The van der Waals surface area contributed by atoms with E-state index in [0.29, 0.717) is 37.7 Å². The Morgan fingerprint density at radius 2 is 2.09 bits per heavy atom. The molecule has 0 bridgehead atoms. The van der Waals surface area contributed by atoms with E-state index in [-0.39, 0.29) is 23.0 Å². The molecule has 1 aliphatic rings. The number of nitrogens with zero attached hydrogens (tertiary/aromatic N) is 4. The maximum atomic E-state index is 13.2. The number of benzene rings is 1. The van der Waals surface area contributed by atoms with Gasteiger partial charge in [0.15, 0.2) is 0 Å². The third-order valence-electron chi connectivity index (χ3n) is 4.11. The van der Waals surface area contributed by atoms with E-state index in [1.807, 2.05) is 11.8 Å². The Bertz CT molecular complexity index is 766. The number of carbonyl (C=O) groups excluding carboxylic acids is 1. The van der Waals surface area contributed by atoms with Crippen molar-refractivity contribution in [3.8, 4) is 0 Å². The third-order valence-corrected chi connectivity index (χ3v) is 4.11. The van der Waals surface area contributed by atoms with E-state index in [1.165, 1.54) is 22.9 Å². The van der Waals surface area contributed by atoms with Crippen molar-refractivity contribution in [3.63, 3.8) is 0 Å². The normalized spacial score (nSPS) is 16.2. The van der Waals surface area contributed by atoms with E-state index in [0.717, 1.165) is 0 Å². The van der Waals surface area contributed by atoms with Crippen molar-refractivity contribution < 1.29 is 9.18 Å². The number of hydrogen-bond acceptors (Lipinski definition) is 4. The molecule has 0 unspecified atom stereocenters. The van der Waals surface area contributed by atoms with E-state index in [4.69, 9.17) is 0 Å². The highest BCUT2D eigenvalue weighted by Gasteiger charge is 2.25. The summed E-state index contributed by atoms with van der Waals surface area (Å²) in [6.45, 7) is 3.08. The van der Waals surface area contributed by atoms with Crippen LogP contribution in [0.2, 0.25) is 0 Å². The topological polar surface area (TPSA) is 68.1 Å². The lowest BCUT2D eigenvalue weighted by Gasteiger charge is -2.31. The summed E-state index contributed by atoms with van der Waals surface area (Å²) in [4.78, 5) is 26.0. The van der Waals surface area contributed by atoms with Gasteiger partial charge in [0, 0.05) is 25.6 Å². The van der Waals surface area contributed by atoms with Gasteiger partial charge in [-0.3, -0.25) is 9.59 Å². The zero-order valence-electron chi connectivity index (χ0n) is 12.3. The summed E-state index contributed by atoms with van der Waals surface area (Å²) in [5.41, 5.74) is 0.00474. The van der Waals surface area contributed by atoms with Gasteiger partial charge < -0.3 is 4.90 Å². The standard InChI is InChI=1S/C15H17FN4O2/c1-2-14(21)19-7-5-11(6-8-19)20-15(22)12-4-3-10(16)9-13(12)17-18-20/h3-4,9,11H,2,5-8H2,1H3. The Labute approximate surface area is 126 Å². The monoisotopic (exact) mass is 304 g/mol. The van der Waals surface area contributed by atoms with Crippen LogP contribution in [0.15, 0.2) is 23.0 Å². The molecule has 0 spiro atoms. The van der Waals surface area contributed by atoms with Gasteiger partial charge >= 0.3 is 0 Å². The molecule has 2 heterocycles. The van der Waals surface area contributed by atoms with E-state index >= 15 is 0 Å². The van der Waals surface area contributed by atoms with Crippen molar-refractivity contribution >= 4 is 16.8 Å². The fourth-order valence-corrected chi connectivity index (χ4v) is 2.85. The number of hydrogen-bond donors (Lipinski definition) is 0. The molecular formula is C15H17FN4O2. The number of piperidine rings is 1. The van der Waals surface area contributed by atoms with Gasteiger partial charge in [0.1, 0.15) is 11.3 Å². The number of carbonyl (C=O) groups is 1. The van der Waals surface area contributed by atoms with E-state index in [2.05, 4.69) is 10.3 Å². The summed E-state index contributed by atoms with van der Waals surface area (Å²) in [6, 6.07) is 3.82. The van der Waals surface area contributed by atoms with E-state index < -0.39 is 5.82 Å². The molecular weight excluding hydrogens is 287 g/mol. The fourth-order valence-electron chi connectivity index (χ4n) is 2.85. The average Bonchev–Trinajstić information content (AvgIpc) is 2.54. The Morgan fingerprint density at radius 1 is 1.36 bits per heavy atom. The first kappa shape index (κ1) is 14.6. The summed E-state index contributed by atoms with van der Waals surface area (Å²) in [5, 5.41) is 8.25. The molecule has 1 aromatic heterocycles. The van der Waals surface area contributed by atoms with Crippen LogP contribution < -0.4 is 5.56 Å². The Kier molecular flexibility index (Phi) is 3.87. The van der Waals surface area contributed by atoms with Gasteiger partial charge in [-0.25, -0.2) is 9.07 Å². The van der Waals surface area contributed by atoms with Gasteiger partial charge in [0.25, 0.3) is 5.56 Å². The van der Waals surface area contributed by atoms with Crippen molar-refractivity contribution in [2.45, 2.75) is 32.2 Å². The number of aromatic nitrogens is 3. The first-order chi connectivity index (χ1) is 10.6. The minimum Gasteiger partial charge on any atom is -0.343 e. The second-order valence-electron chi connectivity index (χ2n) is 5.47. The summed E-state index contributed by atoms with van der Waals surface area (Å²) >= 11 is 0. The molecule has 1 fully saturated rings. The van der Waals surface area contributed by atoms with Crippen LogP contribution in [0.4, 0.5) is 4.39 Å². The maximum Gasteiger partial charge on any atom is 0.277 e. The van der Waals surface area contributed by atoms with Crippen molar-refractivity contribution in [2.24, 2.45) is 0 Å². The van der Waals surface area contributed by atoms with E-state index in [9.17, 15) is 14.0 Å². The summed E-state index contributed by atoms with van der Waals surface area (Å²) < 4.78 is 14.5. The number of rotatable bonds is 2. The second kappa shape index (κ2) is 5.82. The van der Waals surface area contributed by atoms with Crippen LogP contribution in [0.5, 0.6) is 0 Å². The lowest BCUT2D eigenvalue weighted by molar-refractivity contribution is -0.132. The van der Waals surface area contributed by atoms with Gasteiger partial charge in [0.2, 0.25) is 5.91 Å². The molecule has 2 aromatic rings. The van der Waals surface area contributed by atoms with Crippen molar-refractivity contribution in [3.05, 3.63) is 34.4 Å². The number of likely N-dealkylation sites (tertiary alicyclic amines) is 1. The predicted octanol–water partition coefficient (Wildman–Crippen LogP) is 1.50. The van der Waals surface area contributed by atoms with Crippen LogP contribution in [-0.2, 0) is 4.79 Å². The number of amides is 1. The van der Waals surface area contributed by atoms with Crippen LogP contribution in [0.3, 0.4) is 0 Å². The maximum absolute atomic E-state index is 13.2. The fraction of sp³-hybridized carbons (Fsp3) is 0.467. The number of halogens is 1. The molecule has 0 N–H and O–H groups in total.